The molecular weight excluding hydrogens is 150 g/mol. The molecule has 0 bridgehead atoms. The third-order valence-corrected chi connectivity index (χ3v) is 2.96. The lowest BCUT2D eigenvalue weighted by atomic mass is 9.90. The fourth-order valence-electron chi connectivity index (χ4n) is 1.51. The molecule has 1 N–H and O–H groups in total. The molecule has 1 heterocycles. The molecule has 0 aliphatic carbocycles. The summed E-state index contributed by atoms with van der Waals surface area (Å²) < 4.78 is 6.02. The van der Waals surface area contributed by atoms with E-state index in [0.717, 1.165) is 19.5 Å². The Bertz CT molecular complexity index is 147. The van der Waals surface area contributed by atoms with Crippen molar-refractivity contribution >= 4 is 0 Å². The maximum absolute atomic E-state index is 6.02. The lowest BCUT2D eigenvalue weighted by Gasteiger charge is -2.42. The Morgan fingerprint density at radius 2 is 2.25 bits per heavy atom. The van der Waals surface area contributed by atoms with Crippen LogP contribution < -0.4 is 5.32 Å². The highest BCUT2D eigenvalue weighted by Crippen LogP contribution is 2.25. The van der Waals surface area contributed by atoms with Gasteiger partial charge >= 0.3 is 0 Å². The highest BCUT2D eigenvalue weighted by molar-refractivity contribution is 4.87. The fourth-order valence-corrected chi connectivity index (χ4v) is 1.51. The van der Waals surface area contributed by atoms with Crippen molar-refractivity contribution < 1.29 is 4.74 Å². The molecule has 1 aliphatic heterocycles. The number of nitrogens with one attached hydrogen (secondary N) is 1. The molecule has 1 rings (SSSR count). The quantitative estimate of drug-likeness (QED) is 0.684. The average molecular weight is 171 g/mol. The lowest BCUT2D eigenvalue weighted by Crippen LogP contribution is -2.54. The van der Waals surface area contributed by atoms with Gasteiger partial charge in [-0.25, -0.2) is 0 Å². The maximum atomic E-state index is 6.02. The van der Waals surface area contributed by atoms with Crippen molar-refractivity contribution in [2.75, 3.05) is 13.1 Å². The van der Waals surface area contributed by atoms with Crippen molar-refractivity contribution in [1.82, 2.24) is 5.32 Å². The second kappa shape index (κ2) is 3.75. The molecule has 0 aromatic heterocycles. The predicted molar refractivity (Wildman–Crippen MR) is 51.3 cm³/mol. The van der Waals surface area contributed by atoms with E-state index in [4.69, 9.17) is 4.74 Å². The molecule has 1 fully saturated rings. The Morgan fingerprint density at radius 1 is 1.58 bits per heavy atom. The molecule has 2 unspecified atom stereocenters. The van der Waals surface area contributed by atoms with Crippen molar-refractivity contribution in [3.05, 3.63) is 0 Å². The number of rotatable bonds is 2. The molecule has 2 atom stereocenters. The number of hydrogen-bond donors (Lipinski definition) is 1. The second-order valence-corrected chi connectivity index (χ2v) is 4.25. The van der Waals surface area contributed by atoms with Crippen LogP contribution in [0.25, 0.3) is 0 Å². The van der Waals surface area contributed by atoms with Gasteiger partial charge < -0.3 is 10.1 Å². The monoisotopic (exact) mass is 171 g/mol. The molecule has 0 amide bonds. The van der Waals surface area contributed by atoms with Gasteiger partial charge in [0.1, 0.15) is 0 Å². The number of morpholine rings is 1. The number of ether oxygens (including phenoxy) is 1. The second-order valence-electron chi connectivity index (χ2n) is 4.25. The third-order valence-electron chi connectivity index (χ3n) is 2.96. The SMILES string of the molecule is CCC1CNCC(C)(C(C)C)O1. The fraction of sp³-hybridized carbons (Fsp3) is 1.00. The molecule has 0 aromatic carbocycles. The van der Waals surface area contributed by atoms with Crippen molar-refractivity contribution in [1.29, 1.82) is 0 Å². The van der Waals surface area contributed by atoms with Crippen LogP contribution in [0, 0.1) is 5.92 Å². The summed E-state index contributed by atoms with van der Waals surface area (Å²) in [6.45, 7) is 10.8. The molecule has 1 saturated heterocycles. The average Bonchev–Trinajstić information content (AvgIpc) is 2.04. The van der Waals surface area contributed by atoms with Gasteiger partial charge in [0.15, 0.2) is 0 Å². The molecule has 0 radical (unpaired) electrons. The smallest absolute Gasteiger partial charge is 0.0805 e. The van der Waals surface area contributed by atoms with Gasteiger partial charge in [-0.2, -0.15) is 0 Å². The molecule has 1 aliphatic rings. The van der Waals surface area contributed by atoms with Gasteiger partial charge in [0, 0.05) is 13.1 Å². The van der Waals surface area contributed by atoms with E-state index >= 15 is 0 Å². The van der Waals surface area contributed by atoms with Crippen LogP contribution in [-0.4, -0.2) is 24.8 Å². The minimum atomic E-state index is 0.0406. The highest BCUT2D eigenvalue weighted by Gasteiger charge is 2.34. The largest absolute Gasteiger partial charge is 0.369 e. The summed E-state index contributed by atoms with van der Waals surface area (Å²) in [6.07, 6.45) is 1.51. The Hall–Kier alpha value is -0.0800. The Morgan fingerprint density at radius 3 is 2.75 bits per heavy atom. The van der Waals surface area contributed by atoms with E-state index in [1.54, 1.807) is 0 Å². The Labute approximate surface area is 75.7 Å². The predicted octanol–water partition coefficient (Wildman–Crippen LogP) is 1.80. The first-order valence-electron chi connectivity index (χ1n) is 4.97. The molecule has 2 nitrogen and oxygen atoms in total. The molecule has 72 valence electrons. The van der Waals surface area contributed by atoms with E-state index in [0.29, 0.717) is 12.0 Å². The van der Waals surface area contributed by atoms with Gasteiger partial charge in [0.25, 0.3) is 0 Å². The first kappa shape index (κ1) is 10.0. The molecule has 0 spiro atoms. The van der Waals surface area contributed by atoms with E-state index < -0.39 is 0 Å². The first-order valence-corrected chi connectivity index (χ1v) is 4.97. The summed E-state index contributed by atoms with van der Waals surface area (Å²) in [7, 11) is 0. The van der Waals surface area contributed by atoms with Crippen molar-refractivity contribution in [3.63, 3.8) is 0 Å². The van der Waals surface area contributed by atoms with Gasteiger partial charge in [-0.3, -0.25) is 0 Å². The molecular formula is C10H21NO. The topological polar surface area (TPSA) is 21.3 Å². The summed E-state index contributed by atoms with van der Waals surface area (Å²) in [5.74, 6) is 0.583. The van der Waals surface area contributed by atoms with Crippen molar-refractivity contribution in [3.8, 4) is 0 Å². The maximum Gasteiger partial charge on any atom is 0.0805 e. The summed E-state index contributed by atoms with van der Waals surface area (Å²) in [6, 6.07) is 0. The zero-order valence-corrected chi connectivity index (χ0v) is 8.68. The Balaban J connectivity index is 2.54. The highest BCUT2D eigenvalue weighted by atomic mass is 16.5. The first-order chi connectivity index (χ1) is 5.58. The summed E-state index contributed by atoms with van der Waals surface area (Å²) in [5, 5.41) is 3.43. The van der Waals surface area contributed by atoms with Crippen LogP contribution in [0.5, 0.6) is 0 Å². The zero-order chi connectivity index (χ0) is 9.19. The van der Waals surface area contributed by atoms with E-state index in [-0.39, 0.29) is 5.60 Å². The molecule has 0 aromatic rings. The van der Waals surface area contributed by atoms with Gasteiger partial charge in [-0.15, -0.1) is 0 Å². The van der Waals surface area contributed by atoms with E-state index in [2.05, 4.69) is 33.0 Å². The van der Waals surface area contributed by atoms with Crippen LogP contribution in [0.3, 0.4) is 0 Å². The van der Waals surface area contributed by atoms with E-state index in [9.17, 15) is 0 Å². The van der Waals surface area contributed by atoms with Crippen LogP contribution in [0.15, 0.2) is 0 Å². The van der Waals surface area contributed by atoms with Gasteiger partial charge in [-0.1, -0.05) is 20.8 Å². The normalized spacial score (nSPS) is 37.2. The van der Waals surface area contributed by atoms with Crippen LogP contribution in [0.4, 0.5) is 0 Å². The minimum Gasteiger partial charge on any atom is -0.369 e. The zero-order valence-electron chi connectivity index (χ0n) is 8.68. The van der Waals surface area contributed by atoms with Crippen LogP contribution in [0.2, 0.25) is 0 Å². The standard InChI is InChI=1S/C10H21NO/c1-5-9-6-11-7-10(4,12-9)8(2)3/h8-9,11H,5-7H2,1-4H3. The van der Waals surface area contributed by atoms with E-state index in [1.807, 2.05) is 0 Å². The lowest BCUT2D eigenvalue weighted by molar-refractivity contribution is -0.130. The van der Waals surface area contributed by atoms with Gasteiger partial charge in [0.05, 0.1) is 11.7 Å². The van der Waals surface area contributed by atoms with Crippen molar-refractivity contribution in [2.45, 2.75) is 45.8 Å². The molecule has 2 heteroatoms. The van der Waals surface area contributed by atoms with E-state index in [1.165, 1.54) is 0 Å². The van der Waals surface area contributed by atoms with Gasteiger partial charge in [-0.05, 0) is 19.3 Å². The summed E-state index contributed by atoms with van der Waals surface area (Å²) in [4.78, 5) is 0. The van der Waals surface area contributed by atoms with Crippen LogP contribution in [-0.2, 0) is 4.74 Å². The minimum absolute atomic E-state index is 0.0406. The van der Waals surface area contributed by atoms with Crippen molar-refractivity contribution in [2.24, 2.45) is 5.92 Å². The summed E-state index contributed by atoms with van der Waals surface area (Å²) >= 11 is 0. The summed E-state index contributed by atoms with van der Waals surface area (Å²) in [5.41, 5.74) is 0.0406. The van der Waals surface area contributed by atoms with Crippen LogP contribution >= 0.6 is 0 Å². The van der Waals surface area contributed by atoms with Crippen LogP contribution in [0.1, 0.15) is 34.1 Å². The number of hydrogen-bond acceptors (Lipinski definition) is 2. The Kier molecular flexibility index (Phi) is 3.13. The van der Waals surface area contributed by atoms with Gasteiger partial charge in [0.2, 0.25) is 0 Å². The molecule has 12 heavy (non-hydrogen) atoms. The third kappa shape index (κ3) is 1.99. The molecule has 0 saturated carbocycles.